The van der Waals surface area contributed by atoms with Crippen molar-refractivity contribution in [2.75, 3.05) is 31.6 Å². The van der Waals surface area contributed by atoms with Gasteiger partial charge in [-0.05, 0) is 55.7 Å². The van der Waals surface area contributed by atoms with Gasteiger partial charge in [0.1, 0.15) is 0 Å². The molecular weight excluding hydrogens is 350 g/mol. The van der Waals surface area contributed by atoms with Crippen molar-refractivity contribution in [2.45, 2.75) is 38.1 Å². The molecule has 2 saturated heterocycles. The topological polar surface area (TPSA) is 52.7 Å². The molecule has 1 saturated carbocycles. The lowest BCUT2D eigenvalue weighted by molar-refractivity contribution is -0.124. The van der Waals surface area contributed by atoms with E-state index in [0.717, 1.165) is 38.2 Å². The van der Waals surface area contributed by atoms with Crippen LogP contribution in [0.15, 0.2) is 18.2 Å². The summed E-state index contributed by atoms with van der Waals surface area (Å²) < 4.78 is 0. The van der Waals surface area contributed by atoms with E-state index in [9.17, 15) is 9.59 Å². The van der Waals surface area contributed by atoms with E-state index in [1.165, 1.54) is 12.8 Å². The van der Waals surface area contributed by atoms with E-state index in [2.05, 4.69) is 10.2 Å². The van der Waals surface area contributed by atoms with Crippen LogP contribution in [-0.2, 0) is 4.79 Å². The number of carbonyl (C=O) groups is 2. The van der Waals surface area contributed by atoms with Crippen molar-refractivity contribution in [2.24, 2.45) is 11.8 Å². The molecule has 0 bridgehead atoms. The molecule has 2 heterocycles. The van der Waals surface area contributed by atoms with Gasteiger partial charge in [0.2, 0.25) is 5.91 Å². The first kappa shape index (κ1) is 17.7. The van der Waals surface area contributed by atoms with E-state index >= 15 is 0 Å². The van der Waals surface area contributed by atoms with Gasteiger partial charge in [0.05, 0.1) is 10.7 Å². The van der Waals surface area contributed by atoms with Crippen molar-refractivity contribution < 1.29 is 9.59 Å². The van der Waals surface area contributed by atoms with Crippen molar-refractivity contribution >= 4 is 29.1 Å². The Balaban J connectivity index is 1.45. The first-order valence-electron chi connectivity index (χ1n) is 9.61. The van der Waals surface area contributed by atoms with Gasteiger partial charge in [0.15, 0.2) is 0 Å². The van der Waals surface area contributed by atoms with Gasteiger partial charge >= 0.3 is 0 Å². The van der Waals surface area contributed by atoms with Crippen LogP contribution in [-0.4, -0.2) is 49.4 Å². The van der Waals surface area contributed by atoms with Crippen LogP contribution in [0.1, 0.15) is 42.5 Å². The molecule has 0 unspecified atom stereocenters. The fourth-order valence-electron chi connectivity index (χ4n) is 4.78. The Bertz CT molecular complexity index is 717. The highest BCUT2D eigenvalue weighted by Gasteiger charge is 2.40. The third-order valence-corrected chi connectivity index (χ3v) is 6.64. The Kier molecular flexibility index (Phi) is 4.82. The molecule has 3 fully saturated rings. The van der Waals surface area contributed by atoms with E-state index in [1.54, 1.807) is 6.07 Å². The molecule has 3 atom stereocenters. The number of benzene rings is 1. The van der Waals surface area contributed by atoms with E-state index in [4.69, 9.17) is 11.6 Å². The monoisotopic (exact) mass is 375 g/mol. The number of rotatable bonds is 3. The number of fused-ring (bicyclic) bond motifs is 1. The maximum absolute atomic E-state index is 13.0. The molecule has 6 heteroatoms. The summed E-state index contributed by atoms with van der Waals surface area (Å²) in [5.41, 5.74) is 1.67. The average molecular weight is 376 g/mol. The molecular formula is C20H26ClN3O2. The first-order chi connectivity index (χ1) is 12.5. The summed E-state index contributed by atoms with van der Waals surface area (Å²) in [6, 6.07) is 5.88. The zero-order chi connectivity index (χ0) is 18.3. The fourth-order valence-corrected chi connectivity index (χ4v) is 5.08. The molecule has 3 aliphatic rings. The normalized spacial score (nSPS) is 28.0. The molecule has 1 N–H and O–H groups in total. The lowest BCUT2D eigenvalue weighted by Crippen LogP contribution is -2.38. The van der Waals surface area contributed by atoms with Crippen LogP contribution in [0.4, 0.5) is 5.69 Å². The zero-order valence-corrected chi connectivity index (χ0v) is 16.0. The van der Waals surface area contributed by atoms with Crippen molar-refractivity contribution in [3.8, 4) is 0 Å². The SMILES string of the molecule is CN(C(=O)c1ccc(N2CCCC2)c(Cl)c1)[C@H]1C[C@H]2CC(=O)NC[C@H]2C1. The standard InChI is InChI=1S/C20H26ClN3O2/c1-23(16-8-14-11-19(25)22-12-15(14)9-16)20(26)13-4-5-18(17(21)10-13)24-6-2-3-7-24/h4-5,10,14-16H,2-3,6-9,11-12H2,1H3,(H,22,25)/t14-,15+,16-/m0/s1. The minimum atomic E-state index is 0.0165. The van der Waals surface area contributed by atoms with Crippen LogP contribution >= 0.6 is 11.6 Å². The second-order valence-corrected chi connectivity index (χ2v) is 8.34. The van der Waals surface area contributed by atoms with Gasteiger partial charge in [-0.1, -0.05) is 11.6 Å². The summed E-state index contributed by atoms with van der Waals surface area (Å²) in [6.45, 7) is 2.81. The van der Waals surface area contributed by atoms with Crippen LogP contribution in [0, 0.1) is 11.8 Å². The maximum atomic E-state index is 13.0. The molecule has 1 aromatic carbocycles. The molecule has 4 rings (SSSR count). The summed E-state index contributed by atoms with van der Waals surface area (Å²) in [7, 11) is 1.88. The number of piperidine rings is 1. The summed E-state index contributed by atoms with van der Waals surface area (Å²) in [4.78, 5) is 28.7. The smallest absolute Gasteiger partial charge is 0.253 e. The number of nitrogens with one attached hydrogen (secondary N) is 1. The van der Waals surface area contributed by atoms with Gasteiger partial charge in [0.25, 0.3) is 5.91 Å². The molecule has 0 spiro atoms. The third-order valence-electron chi connectivity index (χ3n) is 6.33. The number of amides is 2. The Morgan fingerprint density at radius 3 is 2.69 bits per heavy atom. The van der Waals surface area contributed by atoms with Gasteiger partial charge in [-0.15, -0.1) is 0 Å². The highest BCUT2D eigenvalue weighted by molar-refractivity contribution is 6.33. The van der Waals surface area contributed by atoms with Crippen molar-refractivity contribution in [1.82, 2.24) is 10.2 Å². The van der Waals surface area contributed by atoms with Crippen LogP contribution in [0.25, 0.3) is 0 Å². The molecule has 140 valence electrons. The number of halogens is 1. The minimum Gasteiger partial charge on any atom is -0.370 e. The predicted molar refractivity (Wildman–Crippen MR) is 103 cm³/mol. The van der Waals surface area contributed by atoms with E-state index in [-0.39, 0.29) is 17.9 Å². The molecule has 0 aromatic heterocycles. The maximum Gasteiger partial charge on any atom is 0.253 e. The van der Waals surface area contributed by atoms with Crippen LogP contribution < -0.4 is 10.2 Å². The lowest BCUT2D eigenvalue weighted by Gasteiger charge is -2.26. The van der Waals surface area contributed by atoms with Crippen LogP contribution in [0.3, 0.4) is 0 Å². The second-order valence-electron chi connectivity index (χ2n) is 7.93. The second kappa shape index (κ2) is 7.10. The Morgan fingerprint density at radius 1 is 1.23 bits per heavy atom. The fraction of sp³-hybridized carbons (Fsp3) is 0.600. The lowest BCUT2D eigenvalue weighted by atomic mass is 9.89. The largest absolute Gasteiger partial charge is 0.370 e. The summed E-state index contributed by atoms with van der Waals surface area (Å²) >= 11 is 6.48. The highest BCUT2D eigenvalue weighted by atomic mass is 35.5. The minimum absolute atomic E-state index is 0.0165. The Hall–Kier alpha value is -1.75. The van der Waals surface area contributed by atoms with Crippen LogP contribution in [0.5, 0.6) is 0 Å². The summed E-state index contributed by atoms with van der Waals surface area (Å²) in [5, 5.41) is 3.60. The van der Waals surface area contributed by atoms with E-state index < -0.39 is 0 Å². The molecule has 0 radical (unpaired) electrons. The van der Waals surface area contributed by atoms with Crippen molar-refractivity contribution in [3.05, 3.63) is 28.8 Å². The number of hydrogen-bond donors (Lipinski definition) is 1. The molecule has 1 aromatic rings. The number of carbonyl (C=O) groups excluding carboxylic acids is 2. The van der Waals surface area contributed by atoms with E-state index in [1.807, 2.05) is 24.1 Å². The average Bonchev–Trinajstić information content (AvgIpc) is 3.29. The third kappa shape index (κ3) is 3.29. The number of hydrogen-bond acceptors (Lipinski definition) is 3. The predicted octanol–water partition coefficient (Wildman–Crippen LogP) is 2.93. The quantitative estimate of drug-likeness (QED) is 0.883. The first-order valence-corrected chi connectivity index (χ1v) is 9.99. The number of anilines is 1. The van der Waals surface area contributed by atoms with Crippen LogP contribution in [0.2, 0.25) is 5.02 Å². The Labute approximate surface area is 159 Å². The van der Waals surface area contributed by atoms with Gasteiger partial charge in [0, 0.05) is 44.7 Å². The van der Waals surface area contributed by atoms with Crippen molar-refractivity contribution in [1.29, 1.82) is 0 Å². The highest BCUT2D eigenvalue weighted by Crippen LogP contribution is 2.38. The van der Waals surface area contributed by atoms with Gasteiger partial charge in [-0.2, -0.15) is 0 Å². The van der Waals surface area contributed by atoms with Gasteiger partial charge in [-0.3, -0.25) is 9.59 Å². The molecule has 2 aliphatic heterocycles. The molecule has 1 aliphatic carbocycles. The van der Waals surface area contributed by atoms with Gasteiger partial charge in [-0.25, -0.2) is 0 Å². The number of nitrogens with zero attached hydrogens (tertiary/aromatic N) is 2. The molecule has 26 heavy (non-hydrogen) atoms. The van der Waals surface area contributed by atoms with Gasteiger partial charge < -0.3 is 15.1 Å². The molecule has 2 amide bonds. The Morgan fingerprint density at radius 2 is 1.96 bits per heavy atom. The molecule has 5 nitrogen and oxygen atoms in total. The zero-order valence-electron chi connectivity index (χ0n) is 15.2. The summed E-state index contributed by atoms with van der Waals surface area (Å²) in [5.74, 6) is 1.06. The summed E-state index contributed by atoms with van der Waals surface area (Å²) in [6.07, 6.45) is 4.87. The van der Waals surface area contributed by atoms with E-state index in [0.29, 0.717) is 28.8 Å². The van der Waals surface area contributed by atoms with Crippen molar-refractivity contribution in [3.63, 3.8) is 0 Å².